The van der Waals surface area contributed by atoms with Crippen molar-refractivity contribution in [2.24, 2.45) is 11.5 Å². The fraction of sp³-hybridized carbons (Fsp3) is 0.500. The zero-order chi connectivity index (χ0) is 9.14. The Hall–Kier alpha value is -1.43. The Balaban J connectivity index is 2.84. The highest BCUT2D eigenvalue weighted by Crippen LogP contribution is 2.08. The number of rotatable bonds is 3. The minimum absolute atomic E-state index is 0.200. The number of nitrogens with zero attached hydrogens (tertiary/aromatic N) is 2. The van der Waals surface area contributed by atoms with Gasteiger partial charge >= 0.3 is 11.8 Å². The van der Waals surface area contributed by atoms with Crippen LogP contribution in [0, 0.1) is 0 Å². The molecule has 12 heavy (non-hydrogen) atoms. The minimum atomic E-state index is -0.739. The van der Waals surface area contributed by atoms with Crippen LogP contribution in [0.15, 0.2) is 4.52 Å². The predicted molar refractivity (Wildman–Crippen MR) is 40.0 cm³/mol. The van der Waals surface area contributed by atoms with Gasteiger partial charge in [0.1, 0.15) is 0 Å². The van der Waals surface area contributed by atoms with Gasteiger partial charge in [0.05, 0.1) is 6.04 Å². The summed E-state index contributed by atoms with van der Waals surface area (Å²) in [5.74, 6) is -0.628. The number of aromatic nitrogens is 2. The average molecular weight is 170 g/mol. The SMILES string of the molecule is CCC(N)c1noc(C(N)=O)n1. The standard InChI is InChI=1S/C6H10N4O2/c1-2-3(7)5-9-6(4(8)11)12-10-5/h3H,2,7H2,1H3,(H2,8,11). The summed E-state index contributed by atoms with van der Waals surface area (Å²) in [6, 6.07) is -0.304. The highest BCUT2D eigenvalue weighted by Gasteiger charge is 2.15. The van der Waals surface area contributed by atoms with E-state index in [-0.39, 0.29) is 11.9 Å². The molecule has 1 amide bonds. The van der Waals surface area contributed by atoms with E-state index in [0.717, 1.165) is 0 Å². The van der Waals surface area contributed by atoms with Gasteiger partial charge in [-0.1, -0.05) is 12.1 Å². The van der Waals surface area contributed by atoms with Crippen LogP contribution in [-0.4, -0.2) is 16.0 Å². The largest absolute Gasteiger partial charge is 0.361 e. The molecule has 4 N–H and O–H groups in total. The Morgan fingerprint density at radius 3 is 2.83 bits per heavy atom. The topological polar surface area (TPSA) is 108 Å². The van der Waals surface area contributed by atoms with E-state index in [2.05, 4.69) is 14.7 Å². The number of nitrogens with two attached hydrogens (primary N) is 2. The van der Waals surface area contributed by atoms with Crippen molar-refractivity contribution in [3.8, 4) is 0 Å². The lowest BCUT2D eigenvalue weighted by atomic mass is 10.2. The zero-order valence-corrected chi connectivity index (χ0v) is 6.65. The summed E-state index contributed by atoms with van der Waals surface area (Å²) in [6.07, 6.45) is 0.678. The second kappa shape index (κ2) is 3.31. The normalized spacial score (nSPS) is 12.8. The zero-order valence-electron chi connectivity index (χ0n) is 6.65. The average Bonchev–Trinajstić information content (AvgIpc) is 2.51. The van der Waals surface area contributed by atoms with Gasteiger partial charge in [0.2, 0.25) is 0 Å². The van der Waals surface area contributed by atoms with E-state index in [4.69, 9.17) is 11.5 Å². The van der Waals surface area contributed by atoms with Crippen molar-refractivity contribution in [1.82, 2.24) is 10.1 Å². The predicted octanol–water partition coefficient (Wildman–Crippen LogP) is -0.422. The third-order valence-electron chi connectivity index (χ3n) is 1.42. The molecule has 0 saturated heterocycles. The van der Waals surface area contributed by atoms with Crippen LogP contribution in [0.25, 0.3) is 0 Å². The van der Waals surface area contributed by atoms with Crippen LogP contribution in [-0.2, 0) is 0 Å². The van der Waals surface area contributed by atoms with Gasteiger partial charge < -0.3 is 16.0 Å². The molecule has 1 unspecified atom stereocenters. The fourth-order valence-corrected chi connectivity index (χ4v) is 0.668. The van der Waals surface area contributed by atoms with Crippen molar-refractivity contribution >= 4 is 5.91 Å². The Bertz CT molecular complexity index is 283. The van der Waals surface area contributed by atoms with E-state index in [0.29, 0.717) is 12.2 Å². The molecular formula is C6H10N4O2. The summed E-state index contributed by atoms with van der Waals surface area (Å²) in [4.78, 5) is 14.2. The molecule has 6 nitrogen and oxygen atoms in total. The Labute approximate surface area is 68.9 Å². The first kappa shape index (κ1) is 8.66. The van der Waals surface area contributed by atoms with Crippen molar-refractivity contribution in [1.29, 1.82) is 0 Å². The summed E-state index contributed by atoms with van der Waals surface area (Å²) >= 11 is 0. The van der Waals surface area contributed by atoms with Crippen LogP contribution in [0.5, 0.6) is 0 Å². The summed E-state index contributed by atoms with van der Waals surface area (Å²) in [5, 5.41) is 3.50. The number of hydrogen-bond acceptors (Lipinski definition) is 5. The molecule has 0 aliphatic carbocycles. The molecule has 1 aromatic rings. The first-order valence-corrected chi connectivity index (χ1v) is 3.54. The van der Waals surface area contributed by atoms with Crippen molar-refractivity contribution in [3.63, 3.8) is 0 Å². The third kappa shape index (κ3) is 1.59. The fourth-order valence-electron chi connectivity index (χ4n) is 0.668. The van der Waals surface area contributed by atoms with Gasteiger partial charge in [-0.15, -0.1) is 0 Å². The van der Waals surface area contributed by atoms with Crippen molar-refractivity contribution in [2.45, 2.75) is 19.4 Å². The quantitative estimate of drug-likeness (QED) is 0.640. The number of carbonyl (C=O) groups excluding carboxylic acids is 1. The van der Waals surface area contributed by atoms with E-state index < -0.39 is 5.91 Å². The lowest BCUT2D eigenvalue weighted by Crippen LogP contribution is -2.13. The number of primary amides is 1. The molecule has 0 fully saturated rings. The maximum Gasteiger partial charge on any atom is 0.315 e. The van der Waals surface area contributed by atoms with Gasteiger partial charge in [0.25, 0.3) is 0 Å². The second-order valence-electron chi connectivity index (χ2n) is 2.34. The monoisotopic (exact) mass is 170 g/mol. The first-order chi connectivity index (χ1) is 5.65. The van der Waals surface area contributed by atoms with Gasteiger partial charge in [0, 0.05) is 0 Å². The van der Waals surface area contributed by atoms with Crippen molar-refractivity contribution in [3.05, 3.63) is 11.7 Å². The van der Waals surface area contributed by atoms with Crippen LogP contribution < -0.4 is 11.5 Å². The van der Waals surface area contributed by atoms with Crippen LogP contribution in [0.1, 0.15) is 35.9 Å². The van der Waals surface area contributed by atoms with Crippen LogP contribution in [0.3, 0.4) is 0 Å². The Morgan fingerprint density at radius 2 is 2.42 bits per heavy atom. The van der Waals surface area contributed by atoms with Gasteiger partial charge in [-0.3, -0.25) is 4.79 Å². The maximum atomic E-state index is 10.5. The molecule has 6 heteroatoms. The number of hydrogen-bond donors (Lipinski definition) is 2. The molecule has 0 radical (unpaired) electrons. The molecule has 66 valence electrons. The summed E-state index contributed by atoms with van der Waals surface area (Å²) < 4.78 is 4.53. The molecule has 0 aromatic carbocycles. The summed E-state index contributed by atoms with van der Waals surface area (Å²) in [5.41, 5.74) is 10.5. The number of amides is 1. The molecular weight excluding hydrogens is 160 g/mol. The highest BCUT2D eigenvalue weighted by atomic mass is 16.5. The lowest BCUT2D eigenvalue weighted by Gasteiger charge is -1.98. The van der Waals surface area contributed by atoms with E-state index >= 15 is 0 Å². The number of carbonyl (C=O) groups is 1. The Morgan fingerprint density at radius 1 is 1.75 bits per heavy atom. The molecule has 1 heterocycles. The molecule has 0 aliphatic rings. The van der Waals surface area contributed by atoms with E-state index in [1.807, 2.05) is 6.92 Å². The van der Waals surface area contributed by atoms with Crippen molar-refractivity contribution in [2.75, 3.05) is 0 Å². The smallest absolute Gasteiger partial charge is 0.315 e. The molecule has 0 spiro atoms. The van der Waals surface area contributed by atoms with Gasteiger partial charge in [-0.05, 0) is 6.42 Å². The minimum Gasteiger partial charge on any atom is -0.361 e. The Kier molecular flexibility index (Phi) is 2.39. The molecule has 1 atom stereocenters. The molecule has 1 aromatic heterocycles. The molecule has 0 saturated carbocycles. The summed E-state index contributed by atoms with van der Waals surface area (Å²) in [6.45, 7) is 1.88. The van der Waals surface area contributed by atoms with E-state index in [1.165, 1.54) is 0 Å². The van der Waals surface area contributed by atoms with Gasteiger partial charge in [0.15, 0.2) is 5.82 Å². The molecule has 0 bridgehead atoms. The third-order valence-corrected chi connectivity index (χ3v) is 1.42. The van der Waals surface area contributed by atoms with Gasteiger partial charge in [-0.25, -0.2) is 0 Å². The lowest BCUT2D eigenvalue weighted by molar-refractivity contribution is 0.0958. The van der Waals surface area contributed by atoms with E-state index in [9.17, 15) is 4.79 Å². The van der Waals surface area contributed by atoms with Crippen molar-refractivity contribution < 1.29 is 9.32 Å². The maximum absolute atomic E-state index is 10.5. The molecule has 1 rings (SSSR count). The summed E-state index contributed by atoms with van der Waals surface area (Å²) in [7, 11) is 0. The van der Waals surface area contributed by atoms with Gasteiger partial charge in [-0.2, -0.15) is 4.98 Å². The van der Waals surface area contributed by atoms with Crippen LogP contribution in [0.2, 0.25) is 0 Å². The highest BCUT2D eigenvalue weighted by molar-refractivity contribution is 5.87. The van der Waals surface area contributed by atoms with E-state index in [1.54, 1.807) is 0 Å². The van der Waals surface area contributed by atoms with Crippen LogP contribution in [0.4, 0.5) is 0 Å². The molecule has 0 aliphatic heterocycles. The first-order valence-electron chi connectivity index (χ1n) is 3.54. The second-order valence-corrected chi connectivity index (χ2v) is 2.34. The van der Waals surface area contributed by atoms with Crippen LogP contribution >= 0.6 is 0 Å².